The van der Waals surface area contributed by atoms with Crippen LogP contribution in [0.25, 0.3) is 0 Å². The molecule has 2 N–H and O–H groups in total. The van der Waals surface area contributed by atoms with E-state index in [1.54, 1.807) is 31.4 Å². The van der Waals surface area contributed by atoms with E-state index in [4.69, 9.17) is 0 Å². The predicted octanol–water partition coefficient (Wildman–Crippen LogP) is 2.01. The number of amides is 1. The number of nitrogens with one attached hydrogen (secondary N) is 2. The average Bonchev–Trinajstić information content (AvgIpc) is 2.84. The highest BCUT2D eigenvalue weighted by atomic mass is 16.6. The van der Waals surface area contributed by atoms with E-state index in [1.165, 1.54) is 10.7 Å². The highest BCUT2D eigenvalue weighted by molar-refractivity contribution is 6.08. The van der Waals surface area contributed by atoms with E-state index < -0.39 is 10.8 Å². The van der Waals surface area contributed by atoms with E-state index in [2.05, 4.69) is 15.7 Å². The van der Waals surface area contributed by atoms with Crippen molar-refractivity contribution in [1.82, 2.24) is 9.78 Å². The summed E-state index contributed by atoms with van der Waals surface area (Å²) in [7, 11) is 1.71. The minimum absolute atomic E-state index is 0.0101. The lowest BCUT2D eigenvalue weighted by Crippen LogP contribution is -2.15. The van der Waals surface area contributed by atoms with Crippen LogP contribution in [-0.2, 0) is 7.05 Å². The zero-order valence-corrected chi connectivity index (χ0v) is 11.7. The van der Waals surface area contributed by atoms with Crippen LogP contribution >= 0.6 is 0 Å². The molecule has 0 radical (unpaired) electrons. The van der Waals surface area contributed by atoms with E-state index in [0.717, 1.165) is 0 Å². The van der Waals surface area contributed by atoms with Gasteiger partial charge in [-0.2, -0.15) is 5.10 Å². The van der Waals surface area contributed by atoms with Gasteiger partial charge in [-0.3, -0.25) is 19.6 Å². The molecule has 0 atom stereocenters. The third-order valence-corrected chi connectivity index (χ3v) is 2.79. The summed E-state index contributed by atoms with van der Waals surface area (Å²) in [5, 5.41) is 20.7. The Labute approximate surface area is 120 Å². The second kappa shape index (κ2) is 6.04. The number of anilines is 2. The molecule has 110 valence electrons. The maximum atomic E-state index is 12.2. The minimum Gasteiger partial charge on any atom is -0.380 e. The lowest BCUT2D eigenvalue weighted by atomic mass is 10.1. The predicted molar refractivity (Wildman–Crippen MR) is 78.4 cm³/mol. The summed E-state index contributed by atoms with van der Waals surface area (Å²) >= 11 is 0. The minimum atomic E-state index is -0.569. The average molecular weight is 289 g/mol. The van der Waals surface area contributed by atoms with Gasteiger partial charge in [0, 0.05) is 25.9 Å². The molecule has 0 spiro atoms. The van der Waals surface area contributed by atoms with Crippen molar-refractivity contribution in [2.24, 2.45) is 7.05 Å². The second-order valence-corrected chi connectivity index (χ2v) is 4.32. The highest BCUT2D eigenvalue weighted by Crippen LogP contribution is 2.29. The molecule has 0 saturated carbocycles. The molecule has 1 heterocycles. The van der Waals surface area contributed by atoms with Gasteiger partial charge in [0.15, 0.2) is 5.82 Å². The first kappa shape index (κ1) is 14.5. The number of aryl methyl sites for hydroxylation is 1. The number of benzene rings is 1. The molecule has 0 aliphatic rings. The lowest BCUT2D eigenvalue weighted by Gasteiger charge is -2.08. The van der Waals surface area contributed by atoms with Crippen molar-refractivity contribution in [3.63, 3.8) is 0 Å². The molecule has 2 rings (SSSR count). The Morgan fingerprint density at radius 2 is 2.19 bits per heavy atom. The fourth-order valence-corrected chi connectivity index (χ4v) is 1.92. The fraction of sp³-hybridized carbons (Fsp3) is 0.231. The van der Waals surface area contributed by atoms with Crippen molar-refractivity contribution >= 4 is 23.1 Å². The topological polar surface area (TPSA) is 102 Å². The number of carbonyl (C=O) groups excluding carboxylic acids is 1. The second-order valence-electron chi connectivity index (χ2n) is 4.32. The Balaban J connectivity index is 2.35. The highest BCUT2D eigenvalue weighted by Gasteiger charge is 2.24. The molecule has 0 fully saturated rings. The van der Waals surface area contributed by atoms with E-state index in [0.29, 0.717) is 18.1 Å². The van der Waals surface area contributed by atoms with E-state index in [-0.39, 0.29) is 11.3 Å². The molecular formula is C13H15N5O3. The zero-order chi connectivity index (χ0) is 15.4. The summed E-state index contributed by atoms with van der Waals surface area (Å²) in [6.45, 7) is 2.34. The van der Waals surface area contributed by atoms with Crippen LogP contribution in [0.15, 0.2) is 30.5 Å². The van der Waals surface area contributed by atoms with Gasteiger partial charge in [0.25, 0.3) is 5.91 Å². The normalized spacial score (nSPS) is 10.2. The summed E-state index contributed by atoms with van der Waals surface area (Å²) in [5.41, 5.74) is 0.0630. The molecular weight excluding hydrogens is 274 g/mol. The monoisotopic (exact) mass is 289 g/mol. The summed E-state index contributed by atoms with van der Waals surface area (Å²) in [6, 6.07) is 6.19. The van der Waals surface area contributed by atoms with Gasteiger partial charge < -0.3 is 10.6 Å². The number of nitrogens with zero attached hydrogens (tertiary/aromatic N) is 3. The third kappa shape index (κ3) is 3.16. The number of para-hydroxylation sites is 1. The van der Waals surface area contributed by atoms with Crippen molar-refractivity contribution in [2.45, 2.75) is 6.92 Å². The number of hydrogen-bond donors (Lipinski definition) is 2. The van der Waals surface area contributed by atoms with Crippen LogP contribution in [0.5, 0.6) is 0 Å². The van der Waals surface area contributed by atoms with Gasteiger partial charge in [-0.05, 0) is 19.1 Å². The molecule has 0 aliphatic heterocycles. The molecule has 1 aromatic heterocycles. The Morgan fingerprint density at radius 3 is 2.76 bits per heavy atom. The summed E-state index contributed by atoms with van der Waals surface area (Å²) in [5.74, 6) is -0.231. The number of nitro groups is 1. The van der Waals surface area contributed by atoms with Gasteiger partial charge in [0.05, 0.1) is 4.92 Å². The number of rotatable bonds is 5. The van der Waals surface area contributed by atoms with Crippen LogP contribution in [0.1, 0.15) is 17.3 Å². The maximum Gasteiger partial charge on any atom is 0.305 e. The number of aromatic nitrogens is 2. The number of nitro benzene ring substituents is 1. The summed E-state index contributed by atoms with van der Waals surface area (Å²) < 4.78 is 1.53. The molecule has 0 aliphatic carbocycles. The smallest absolute Gasteiger partial charge is 0.305 e. The Kier molecular flexibility index (Phi) is 4.17. The van der Waals surface area contributed by atoms with Crippen LogP contribution in [-0.4, -0.2) is 27.2 Å². The molecule has 8 heteroatoms. The van der Waals surface area contributed by atoms with Crippen molar-refractivity contribution in [3.8, 4) is 0 Å². The Hall–Kier alpha value is -2.90. The maximum absolute atomic E-state index is 12.2. The fourth-order valence-electron chi connectivity index (χ4n) is 1.92. The van der Waals surface area contributed by atoms with Crippen LogP contribution in [0.4, 0.5) is 17.2 Å². The first-order valence-corrected chi connectivity index (χ1v) is 6.35. The van der Waals surface area contributed by atoms with Crippen LogP contribution in [0, 0.1) is 10.1 Å². The molecule has 2 aromatic rings. The lowest BCUT2D eigenvalue weighted by molar-refractivity contribution is -0.384. The van der Waals surface area contributed by atoms with Crippen molar-refractivity contribution in [3.05, 3.63) is 46.1 Å². The molecule has 0 unspecified atom stereocenters. The SMILES string of the molecule is CCNc1cccc(C(=O)Nc2ccn(C)n2)c1[N+](=O)[O-]. The van der Waals surface area contributed by atoms with Gasteiger partial charge >= 0.3 is 5.69 Å². The van der Waals surface area contributed by atoms with E-state index in [9.17, 15) is 14.9 Å². The van der Waals surface area contributed by atoms with E-state index in [1.807, 2.05) is 6.92 Å². The van der Waals surface area contributed by atoms with Crippen LogP contribution in [0.3, 0.4) is 0 Å². The number of hydrogen-bond acceptors (Lipinski definition) is 5. The van der Waals surface area contributed by atoms with Crippen molar-refractivity contribution < 1.29 is 9.72 Å². The summed E-state index contributed by atoms with van der Waals surface area (Å²) in [4.78, 5) is 22.9. The standard InChI is InChI=1S/C13H15N5O3/c1-3-14-10-6-4-5-9(12(10)18(20)21)13(19)15-11-7-8-17(2)16-11/h4-8,14H,3H2,1-2H3,(H,15,16,19). The molecule has 8 nitrogen and oxygen atoms in total. The Morgan fingerprint density at radius 1 is 1.43 bits per heavy atom. The van der Waals surface area contributed by atoms with Gasteiger partial charge in [-0.1, -0.05) is 6.07 Å². The molecule has 0 bridgehead atoms. The van der Waals surface area contributed by atoms with Crippen LogP contribution in [0.2, 0.25) is 0 Å². The third-order valence-electron chi connectivity index (χ3n) is 2.79. The zero-order valence-electron chi connectivity index (χ0n) is 11.7. The molecule has 21 heavy (non-hydrogen) atoms. The summed E-state index contributed by atoms with van der Waals surface area (Å²) in [6.07, 6.45) is 1.67. The van der Waals surface area contributed by atoms with Gasteiger partial charge in [-0.15, -0.1) is 0 Å². The van der Waals surface area contributed by atoms with Crippen LogP contribution < -0.4 is 10.6 Å². The molecule has 1 amide bonds. The van der Waals surface area contributed by atoms with Crippen molar-refractivity contribution in [1.29, 1.82) is 0 Å². The van der Waals surface area contributed by atoms with Gasteiger partial charge in [0.2, 0.25) is 0 Å². The van der Waals surface area contributed by atoms with Gasteiger partial charge in [0.1, 0.15) is 11.3 Å². The molecule has 1 aromatic carbocycles. The van der Waals surface area contributed by atoms with Gasteiger partial charge in [-0.25, -0.2) is 0 Å². The first-order chi connectivity index (χ1) is 10.0. The quantitative estimate of drug-likeness (QED) is 0.647. The van der Waals surface area contributed by atoms with E-state index >= 15 is 0 Å². The molecule has 0 saturated heterocycles. The number of carbonyl (C=O) groups is 1. The first-order valence-electron chi connectivity index (χ1n) is 6.35. The van der Waals surface area contributed by atoms with Crippen molar-refractivity contribution in [2.75, 3.05) is 17.2 Å². The largest absolute Gasteiger partial charge is 0.380 e. The Bertz CT molecular complexity index is 680.